The van der Waals surface area contributed by atoms with Crippen molar-refractivity contribution in [2.24, 2.45) is 0 Å². The number of pyridine rings is 1. The van der Waals surface area contributed by atoms with Crippen LogP contribution in [0.5, 0.6) is 5.88 Å². The molecule has 0 bridgehead atoms. The summed E-state index contributed by atoms with van der Waals surface area (Å²) >= 11 is 0. The summed E-state index contributed by atoms with van der Waals surface area (Å²) < 4.78 is 5.13. The molecule has 2 rings (SSSR count). The van der Waals surface area contributed by atoms with Crippen LogP contribution in [0, 0.1) is 11.8 Å². The quantitative estimate of drug-likeness (QED) is 0.453. The maximum atomic E-state index is 10.9. The first kappa shape index (κ1) is 21.0. The molecule has 3 N–H and O–H groups in total. The summed E-state index contributed by atoms with van der Waals surface area (Å²) in [6.45, 7) is 5.01. The van der Waals surface area contributed by atoms with Gasteiger partial charge in [0.15, 0.2) is 0 Å². The minimum atomic E-state index is -0.0256. The normalized spacial score (nSPS) is 9.82. The molecule has 8 heteroatoms. The van der Waals surface area contributed by atoms with Crippen molar-refractivity contribution in [3.8, 4) is 17.7 Å². The number of nitrogens with zero attached hydrogens (tertiary/aromatic N) is 3. The summed E-state index contributed by atoms with van der Waals surface area (Å²) in [4.78, 5) is 23.8. The lowest BCUT2D eigenvalue weighted by Gasteiger charge is -2.10. The van der Waals surface area contributed by atoms with Crippen LogP contribution in [0.3, 0.4) is 0 Å². The number of carbonyl (C=O) groups excluding carboxylic acids is 1. The second-order valence-corrected chi connectivity index (χ2v) is 5.98. The molecule has 0 saturated heterocycles. The molecule has 148 valence electrons. The van der Waals surface area contributed by atoms with Crippen molar-refractivity contribution >= 4 is 23.4 Å². The monoisotopic (exact) mass is 382 g/mol. The van der Waals surface area contributed by atoms with Crippen molar-refractivity contribution in [3.05, 3.63) is 30.1 Å². The number of amides is 1. The molecule has 28 heavy (non-hydrogen) atoms. The lowest BCUT2D eigenvalue weighted by molar-refractivity contribution is -0.118. The molecule has 0 aliphatic heterocycles. The number of carbonyl (C=O) groups is 1. The van der Waals surface area contributed by atoms with Crippen LogP contribution in [-0.2, 0) is 4.79 Å². The molecule has 0 aromatic carbocycles. The van der Waals surface area contributed by atoms with Gasteiger partial charge in [-0.3, -0.25) is 4.79 Å². The SMILES string of the molecule is CCCNc1nc(Nc2ccnc(OC)c2)ncc1C#CCCCNC(C)=O. The molecule has 2 aromatic heterocycles. The molecule has 1 amide bonds. The number of ether oxygens (including phenoxy) is 1. The van der Waals surface area contributed by atoms with Gasteiger partial charge in [-0.25, -0.2) is 9.97 Å². The van der Waals surface area contributed by atoms with Gasteiger partial charge >= 0.3 is 0 Å². The Hall–Kier alpha value is -3.34. The number of unbranched alkanes of at least 4 members (excludes halogenated alkanes) is 1. The molecule has 0 saturated carbocycles. The van der Waals surface area contributed by atoms with Crippen LogP contribution in [0.2, 0.25) is 0 Å². The maximum Gasteiger partial charge on any atom is 0.229 e. The Morgan fingerprint density at radius 3 is 2.89 bits per heavy atom. The second kappa shape index (κ2) is 11.4. The first-order valence-corrected chi connectivity index (χ1v) is 9.23. The predicted molar refractivity (Wildman–Crippen MR) is 110 cm³/mol. The second-order valence-electron chi connectivity index (χ2n) is 5.98. The van der Waals surface area contributed by atoms with E-state index in [1.165, 1.54) is 6.92 Å². The average molecular weight is 382 g/mol. The molecule has 0 spiro atoms. The van der Waals surface area contributed by atoms with Gasteiger partial charge in [0.1, 0.15) is 5.82 Å². The highest BCUT2D eigenvalue weighted by Crippen LogP contribution is 2.19. The van der Waals surface area contributed by atoms with Crippen LogP contribution in [0.25, 0.3) is 0 Å². The molecule has 0 radical (unpaired) electrons. The zero-order valence-electron chi connectivity index (χ0n) is 16.5. The maximum absolute atomic E-state index is 10.9. The van der Waals surface area contributed by atoms with Crippen LogP contribution in [-0.4, -0.2) is 41.1 Å². The van der Waals surface area contributed by atoms with E-state index in [-0.39, 0.29) is 5.91 Å². The third-order valence-electron chi connectivity index (χ3n) is 3.61. The largest absolute Gasteiger partial charge is 0.481 e. The zero-order valence-corrected chi connectivity index (χ0v) is 16.5. The van der Waals surface area contributed by atoms with Gasteiger partial charge in [-0.15, -0.1) is 0 Å². The molecule has 2 heterocycles. The fourth-order valence-electron chi connectivity index (χ4n) is 2.24. The number of rotatable bonds is 9. The summed E-state index contributed by atoms with van der Waals surface area (Å²) in [5.74, 6) is 7.86. The van der Waals surface area contributed by atoms with E-state index in [0.29, 0.717) is 30.6 Å². The average Bonchev–Trinajstić information content (AvgIpc) is 2.70. The van der Waals surface area contributed by atoms with Gasteiger partial charge in [0.25, 0.3) is 0 Å². The topological polar surface area (TPSA) is 101 Å². The number of methoxy groups -OCH3 is 1. The van der Waals surface area contributed by atoms with Gasteiger partial charge in [-0.05, 0) is 18.9 Å². The van der Waals surface area contributed by atoms with E-state index in [1.54, 1.807) is 25.6 Å². The highest BCUT2D eigenvalue weighted by Gasteiger charge is 2.06. The van der Waals surface area contributed by atoms with E-state index in [9.17, 15) is 4.79 Å². The summed E-state index contributed by atoms with van der Waals surface area (Å²) in [7, 11) is 1.57. The van der Waals surface area contributed by atoms with Gasteiger partial charge in [-0.1, -0.05) is 18.8 Å². The molecule has 0 atom stereocenters. The Morgan fingerprint density at radius 2 is 2.14 bits per heavy atom. The van der Waals surface area contributed by atoms with Gasteiger partial charge in [-0.2, -0.15) is 4.98 Å². The third-order valence-corrected chi connectivity index (χ3v) is 3.61. The highest BCUT2D eigenvalue weighted by atomic mass is 16.5. The van der Waals surface area contributed by atoms with Gasteiger partial charge in [0.05, 0.1) is 18.9 Å². The highest BCUT2D eigenvalue weighted by molar-refractivity contribution is 5.72. The Labute approximate surface area is 165 Å². The van der Waals surface area contributed by atoms with E-state index in [4.69, 9.17) is 4.74 Å². The molecule has 8 nitrogen and oxygen atoms in total. The van der Waals surface area contributed by atoms with E-state index in [2.05, 4.69) is 49.7 Å². The van der Waals surface area contributed by atoms with Crippen LogP contribution in [0.4, 0.5) is 17.5 Å². The number of hydrogen-bond donors (Lipinski definition) is 3. The lowest BCUT2D eigenvalue weighted by Crippen LogP contribution is -2.20. The standard InChI is InChI=1S/C20H26N6O2/c1-4-10-23-19-16(8-6-5-7-11-21-15(2)27)14-24-20(26-19)25-17-9-12-22-18(13-17)28-3/h9,12-14H,4-5,7,10-11H2,1-3H3,(H,21,27)(H2,22,23,24,25,26). The lowest BCUT2D eigenvalue weighted by atomic mass is 10.2. The summed E-state index contributed by atoms with van der Waals surface area (Å²) in [5, 5.41) is 9.19. The third kappa shape index (κ3) is 7.11. The van der Waals surface area contributed by atoms with Gasteiger partial charge in [0, 0.05) is 44.4 Å². The minimum absolute atomic E-state index is 0.0256. The first-order valence-electron chi connectivity index (χ1n) is 9.23. The number of nitrogens with one attached hydrogen (secondary N) is 3. The zero-order chi connectivity index (χ0) is 20.2. The summed E-state index contributed by atoms with van der Waals surface area (Å²) in [6, 6.07) is 3.58. The molecule has 2 aromatic rings. The Bertz CT molecular complexity index is 844. The van der Waals surface area contributed by atoms with E-state index >= 15 is 0 Å². The smallest absolute Gasteiger partial charge is 0.229 e. The molecule has 0 unspecified atom stereocenters. The molecule has 0 aliphatic carbocycles. The van der Waals surface area contributed by atoms with Crippen molar-refractivity contribution in [3.63, 3.8) is 0 Å². The fraction of sp³-hybridized carbons (Fsp3) is 0.400. The Kier molecular flexibility index (Phi) is 8.53. The summed E-state index contributed by atoms with van der Waals surface area (Å²) in [5.41, 5.74) is 1.52. The number of aromatic nitrogens is 3. The molecule has 0 aliphatic rings. The minimum Gasteiger partial charge on any atom is -0.481 e. The van der Waals surface area contributed by atoms with Crippen LogP contribution >= 0.6 is 0 Å². The van der Waals surface area contributed by atoms with E-state index in [1.807, 2.05) is 6.07 Å². The van der Waals surface area contributed by atoms with Crippen molar-refractivity contribution < 1.29 is 9.53 Å². The van der Waals surface area contributed by atoms with E-state index < -0.39 is 0 Å². The van der Waals surface area contributed by atoms with E-state index in [0.717, 1.165) is 30.6 Å². The number of anilines is 3. The van der Waals surface area contributed by atoms with Crippen LogP contribution in [0.1, 0.15) is 38.7 Å². The van der Waals surface area contributed by atoms with Crippen molar-refractivity contribution in [1.82, 2.24) is 20.3 Å². The Balaban J connectivity index is 2.08. The summed E-state index contributed by atoms with van der Waals surface area (Å²) in [6.07, 6.45) is 5.81. The van der Waals surface area contributed by atoms with Crippen molar-refractivity contribution in [1.29, 1.82) is 0 Å². The van der Waals surface area contributed by atoms with Gasteiger partial charge < -0.3 is 20.7 Å². The molecule has 0 fully saturated rings. The number of hydrogen-bond acceptors (Lipinski definition) is 7. The van der Waals surface area contributed by atoms with Gasteiger partial charge in [0.2, 0.25) is 17.7 Å². The van der Waals surface area contributed by atoms with Crippen molar-refractivity contribution in [2.45, 2.75) is 33.1 Å². The Morgan fingerprint density at radius 1 is 1.29 bits per heavy atom. The molecular formula is C20H26N6O2. The fourth-order valence-corrected chi connectivity index (χ4v) is 2.24. The predicted octanol–water partition coefficient (Wildman–Crippen LogP) is 2.71. The van der Waals surface area contributed by atoms with Crippen molar-refractivity contribution in [2.75, 3.05) is 30.8 Å². The first-order chi connectivity index (χ1) is 13.6. The van der Waals surface area contributed by atoms with Crippen LogP contribution in [0.15, 0.2) is 24.5 Å². The van der Waals surface area contributed by atoms with Crippen LogP contribution < -0.4 is 20.7 Å². The molecular weight excluding hydrogens is 356 g/mol.